The summed E-state index contributed by atoms with van der Waals surface area (Å²) in [5.41, 5.74) is -0.159. The zero-order valence-electron chi connectivity index (χ0n) is 11.9. The van der Waals surface area contributed by atoms with E-state index in [1.54, 1.807) is 6.07 Å². The second-order valence-corrected chi connectivity index (χ2v) is 5.26. The van der Waals surface area contributed by atoms with Crippen molar-refractivity contribution in [1.29, 1.82) is 0 Å². The molecule has 1 aliphatic rings. The predicted molar refractivity (Wildman–Crippen MR) is 77.4 cm³/mol. The van der Waals surface area contributed by atoms with Crippen LogP contribution < -0.4 is 5.32 Å². The van der Waals surface area contributed by atoms with Crippen molar-refractivity contribution in [3.05, 3.63) is 39.4 Å². The van der Waals surface area contributed by atoms with E-state index >= 15 is 0 Å². The lowest BCUT2D eigenvalue weighted by molar-refractivity contribution is -0.385. The Morgan fingerprint density at radius 3 is 2.81 bits per heavy atom. The minimum Gasteiger partial charge on any atom is -0.477 e. The van der Waals surface area contributed by atoms with Gasteiger partial charge in [-0.1, -0.05) is 12.1 Å². The van der Waals surface area contributed by atoms with Gasteiger partial charge in [0.1, 0.15) is 5.56 Å². The van der Waals surface area contributed by atoms with Crippen molar-refractivity contribution in [2.24, 2.45) is 0 Å². The van der Waals surface area contributed by atoms with Crippen LogP contribution in [0.4, 0.5) is 5.69 Å². The number of aromatic carboxylic acids is 1. The Balaban J connectivity index is 1.97. The number of nitro benzene ring substituents is 1. The molecule has 0 bridgehead atoms. The maximum atomic E-state index is 11.2. The van der Waals surface area contributed by atoms with Gasteiger partial charge in [-0.05, 0) is 25.5 Å². The first-order chi connectivity index (χ1) is 10.0. The summed E-state index contributed by atoms with van der Waals surface area (Å²) in [6.07, 6.45) is 2.48. The highest BCUT2D eigenvalue weighted by atomic mass is 16.6. The van der Waals surface area contributed by atoms with E-state index in [0.29, 0.717) is 18.2 Å². The molecule has 21 heavy (non-hydrogen) atoms. The summed E-state index contributed by atoms with van der Waals surface area (Å²) >= 11 is 0. The molecular weight excluding hydrogens is 274 g/mol. The molecule has 0 heterocycles. The third kappa shape index (κ3) is 3.99. The summed E-state index contributed by atoms with van der Waals surface area (Å²) in [6, 6.07) is 5.01. The molecule has 7 heteroatoms. The van der Waals surface area contributed by atoms with Gasteiger partial charge in [0.25, 0.3) is 5.69 Å². The number of benzene rings is 1. The number of carbonyl (C=O) groups is 1. The Bertz CT molecular complexity index is 543. The third-order valence-corrected chi connectivity index (χ3v) is 3.67. The highest BCUT2D eigenvalue weighted by Crippen LogP contribution is 2.25. The van der Waals surface area contributed by atoms with Crippen molar-refractivity contribution >= 4 is 11.7 Å². The number of carboxylic acids is 1. The fraction of sp³-hybridized carbons (Fsp3) is 0.500. The lowest BCUT2D eigenvalue weighted by atomic mass is 10.1. The SMILES string of the molecule is CN(CCNCc1cccc([N+](=O)[O-])c1C(=O)O)C1CC1. The predicted octanol–water partition coefficient (Wildman–Crippen LogP) is 1.48. The van der Waals surface area contributed by atoms with Crippen LogP contribution in [0.15, 0.2) is 18.2 Å². The molecular formula is C14H19N3O4. The zero-order chi connectivity index (χ0) is 15.4. The highest BCUT2D eigenvalue weighted by molar-refractivity contribution is 5.94. The smallest absolute Gasteiger partial charge is 0.343 e. The van der Waals surface area contributed by atoms with Gasteiger partial charge in [-0.15, -0.1) is 0 Å². The molecule has 0 aliphatic heterocycles. The van der Waals surface area contributed by atoms with Gasteiger partial charge in [-0.25, -0.2) is 4.79 Å². The summed E-state index contributed by atoms with van der Waals surface area (Å²) in [6.45, 7) is 1.90. The number of rotatable bonds is 8. The zero-order valence-corrected chi connectivity index (χ0v) is 11.9. The molecule has 0 spiro atoms. The number of likely N-dealkylation sites (N-methyl/N-ethyl adjacent to an activating group) is 1. The summed E-state index contributed by atoms with van der Waals surface area (Å²) in [4.78, 5) is 23.7. The Morgan fingerprint density at radius 1 is 1.52 bits per heavy atom. The molecule has 114 valence electrons. The summed E-state index contributed by atoms with van der Waals surface area (Å²) in [5.74, 6) is -1.27. The van der Waals surface area contributed by atoms with Crippen LogP contribution >= 0.6 is 0 Å². The fourth-order valence-corrected chi connectivity index (χ4v) is 2.31. The topological polar surface area (TPSA) is 95.7 Å². The van der Waals surface area contributed by atoms with Crippen molar-refractivity contribution in [3.63, 3.8) is 0 Å². The number of carboxylic acid groups (broad SMARTS) is 1. The molecule has 7 nitrogen and oxygen atoms in total. The summed E-state index contributed by atoms with van der Waals surface area (Å²) < 4.78 is 0. The van der Waals surface area contributed by atoms with Crippen LogP contribution in [-0.2, 0) is 6.54 Å². The monoisotopic (exact) mass is 293 g/mol. The average Bonchev–Trinajstić information content (AvgIpc) is 3.27. The maximum Gasteiger partial charge on any atom is 0.343 e. The number of nitrogens with one attached hydrogen (secondary N) is 1. The first-order valence-electron chi connectivity index (χ1n) is 6.91. The summed E-state index contributed by atoms with van der Waals surface area (Å²) in [5, 5.41) is 23.2. The molecule has 2 N–H and O–H groups in total. The van der Waals surface area contributed by atoms with E-state index < -0.39 is 10.9 Å². The Labute approximate surface area is 122 Å². The van der Waals surface area contributed by atoms with Gasteiger partial charge in [0, 0.05) is 31.7 Å². The van der Waals surface area contributed by atoms with E-state index in [1.165, 1.54) is 25.0 Å². The van der Waals surface area contributed by atoms with Crippen LogP contribution in [0.5, 0.6) is 0 Å². The minimum atomic E-state index is -1.27. The standard InChI is InChI=1S/C14H19N3O4/c1-16(11-5-6-11)8-7-15-9-10-3-2-4-12(17(20)21)13(10)14(18)19/h2-4,11,15H,5-9H2,1H3,(H,18,19). The number of hydrogen-bond acceptors (Lipinski definition) is 5. The third-order valence-electron chi connectivity index (χ3n) is 3.67. The van der Waals surface area contributed by atoms with Gasteiger partial charge in [-0.2, -0.15) is 0 Å². The fourth-order valence-electron chi connectivity index (χ4n) is 2.31. The van der Waals surface area contributed by atoms with Crippen molar-refractivity contribution in [3.8, 4) is 0 Å². The summed E-state index contributed by atoms with van der Waals surface area (Å²) in [7, 11) is 2.06. The molecule has 2 rings (SSSR count). The molecule has 0 amide bonds. The lowest BCUT2D eigenvalue weighted by Crippen LogP contribution is -2.30. The quantitative estimate of drug-likeness (QED) is 0.428. The molecule has 1 aliphatic carbocycles. The molecule has 1 fully saturated rings. The Kier molecular flexibility index (Phi) is 4.87. The largest absolute Gasteiger partial charge is 0.477 e. The molecule has 0 aromatic heterocycles. The first-order valence-corrected chi connectivity index (χ1v) is 6.91. The van der Waals surface area contributed by atoms with Crippen molar-refractivity contribution in [2.75, 3.05) is 20.1 Å². The minimum absolute atomic E-state index is 0.231. The second kappa shape index (κ2) is 6.64. The first kappa shape index (κ1) is 15.4. The van der Waals surface area contributed by atoms with Gasteiger partial charge in [0.15, 0.2) is 0 Å². The maximum absolute atomic E-state index is 11.2. The van der Waals surface area contributed by atoms with Gasteiger partial charge in [0.05, 0.1) is 4.92 Å². The molecule has 0 radical (unpaired) electrons. The van der Waals surface area contributed by atoms with Crippen LogP contribution in [0.25, 0.3) is 0 Å². The van der Waals surface area contributed by atoms with Crippen LogP contribution in [0.1, 0.15) is 28.8 Å². The number of nitrogens with zero attached hydrogens (tertiary/aromatic N) is 2. The normalized spacial score (nSPS) is 14.4. The van der Waals surface area contributed by atoms with Crippen molar-refractivity contribution in [2.45, 2.75) is 25.4 Å². The van der Waals surface area contributed by atoms with E-state index in [0.717, 1.165) is 13.1 Å². The Morgan fingerprint density at radius 2 is 2.24 bits per heavy atom. The van der Waals surface area contributed by atoms with Gasteiger partial charge < -0.3 is 15.3 Å². The molecule has 1 aromatic carbocycles. The van der Waals surface area contributed by atoms with E-state index in [4.69, 9.17) is 0 Å². The molecule has 1 aromatic rings. The van der Waals surface area contributed by atoms with Crippen LogP contribution in [0.3, 0.4) is 0 Å². The van der Waals surface area contributed by atoms with Gasteiger partial charge >= 0.3 is 5.97 Å². The van der Waals surface area contributed by atoms with E-state index in [-0.39, 0.29) is 11.3 Å². The molecule has 0 saturated heterocycles. The molecule has 0 unspecified atom stereocenters. The Hall–Kier alpha value is -1.99. The average molecular weight is 293 g/mol. The van der Waals surface area contributed by atoms with E-state index in [9.17, 15) is 20.0 Å². The number of hydrogen-bond donors (Lipinski definition) is 2. The van der Waals surface area contributed by atoms with Crippen LogP contribution in [0, 0.1) is 10.1 Å². The van der Waals surface area contributed by atoms with Crippen LogP contribution in [0.2, 0.25) is 0 Å². The van der Waals surface area contributed by atoms with E-state index in [1.807, 2.05) is 0 Å². The second-order valence-electron chi connectivity index (χ2n) is 5.26. The highest BCUT2D eigenvalue weighted by Gasteiger charge is 2.25. The van der Waals surface area contributed by atoms with Gasteiger partial charge in [0.2, 0.25) is 0 Å². The molecule has 1 saturated carbocycles. The van der Waals surface area contributed by atoms with Crippen molar-refractivity contribution < 1.29 is 14.8 Å². The molecule has 0 atom stereocenters. The van der Waals surface area contributed by atoms with Crippen molar-refractivity contribution in [1.82, 2.24) is 10.2 Å². The number of nitro groups is 1. The van der Waals surface area contributed by atoms with Crippen LogP contribution in [-0.4, -0.2) is 47.1 Å². The van der Waals surface area contributed by atoms with Gasteiger partial charge in [-0.3, -0.25) is 10.1 Å². The van der Waals surface area contributed by atoms with E-state index in [2.05, 4.69) is 17.3 Å². The lowest BCUT2D eigenvalue weighted by Gasteiger charge is -2.16.